The van der Waals surface area contributed by atoms with Gasteiger partial charge in [-0.1, -0.05) is 26.7 Å². The van der Waals surface area contributed by atoms with Gasteiger partial charge in [0.25, 0.3) is 0 Å². The molecule has 13 heavy (non-hydrogen) atoms. The summed E-state index contributed by atoms with van der Waals surface area (Å²) in [6, 6.07) is 0.813. The molecule has 0 aliphatic carbocycles. The lowest BCUT2D eigenvalue weighted by atomic mass is 10.0. The summed E-state index contributed by atoms with van der Waals surface area (Å²) in [5.41, 5.74) is 0. The molecule has 1 rings (SSSR count). The van der Waals surface area contributed by atoms with Crippen molar-refractivity contribution in [3.05, 3.63) is 0 Å². The minimum absolute atomic E-state index is 0.813. The Balaban J connectivity index is 2.32. The van der Waals surface area contributed by atoms with Crippen LogP contribution in [-0.2, 0) is 0 Å². The fourth-order valence-corrected chi connectivity index (χ4v) is 2.33. The molecule has 78 valence electrons. The Labute approximate surface area is 87.8 Å². The Morgan fingerprint density at radius 3 is 2.38 bits per heavy atom. The van der Waals surface area contributed by atoms with Gasteiger partial charge in [0.2, 0.25) is 0 Å². The highest BCUT2D eigenvalue weighted by Gasteiger charge is 2.21. The first kappa shape index (κ1) is 11.3. The molecule has 1 aliphatic heterocycles. The van der Waals surface area contributed by atoms with Crippen molar-refractivity contribution in [3.63, 3.8) is 0 Å². The van der Waals surface area contributed by atoms with Gasteiger partial charge in [-0.15, -0.1) is 0 Å². The zero-order valence-corrected chi connectivity index (χ0v) is 9.76. The summed E-state index contributed by atoms with van der Waals surface area (Å²) >= 11 is 4.37. The third-order valence-corrected chi connectivity index (χ3v) is 3.27. The van der Waals surface area contributed by atoms with Gasteiger partial charge < -0.3 is 4.90 Å². The molecule has 1 aliphatic rings. The van der Waals surface area contributed by atoms with E-state index in [1.165, 1.54) is 32.4 Å². The number of piperidine rings is 1. The van der Waals surface area contributed by atoms with Crippen molar-refractivity contribution < 1.29 is 0 Å². The third-order valence-electron chi connectivity index (χ3n) is 2.87. The van der Waals surface area contributed by atoms with E-state index in [1.807, 2.05) is 0 Å². The maximum absolute atomic E-state index is 4.37. The van der Waals surface area contributed by atoms with Crippen LogP contribution in [0.25, 0.3) is 0 Å². The zero-order chi connectivity index (χ0) is 9.68. The van der Waals surface area contributed by atoms with Gasteiger partial charge in [-0.3, -0.25) is 4.31 Å². The molecule has 0 N–H and O–H groups in total. The molecule has 0 bridgehead atoms. The van der Waals surface area contributed by atoms with Crippen molar-refractivity contribution in [2.24, 2.45) is 0 Å². The molecule has 0 spiro atoms. The first-order chi connectivity index (χ1) is 6.27. The molecule has 1 saturated heterocycles. The molecule has 3 heteroatoms. The molecule has 0 unspecified atom stereocenters. The Bertz CT molecular complexity index is 133. The predicted octanol–water partition coefficient (Wildman–Crippen LogP) is 2.03. The number of nitrogens with zero attached hydrogens (tertiary/aromatic N) is 2. The van der Waals surface area contributed by atoms with Crippen molar-refractivity contribution in [2.45, 2.75) is 39.2 Å². The monoisotopic (exact) mass is 202 g/mol. The summed E-state index contributed by atoms with van der Waals surface area (Å²) in [5.74, 6) is 0. The average molecular weight is 202 g/mol. The minimum Gasteiger partial charge on any atom is -0.301 e. The van der Waals surface area contributed by atoms with Crippen molar-refractivity contribution in [3.8, 4) is 0 Å². The van der Waals surface area contributed by atoms with Gasteiger partial charge in [0, 0.05) is 19.1 Å². The fourth-order valence-electron chi connectivity index (χ4n) is 2.10. The first-order valence-electron chi connectivity index (χ1n) is 5.45. The van der Waals surface area contributed by atoms with Gasteiger partial charge in [0.05, 0.1) is 0 Å². The van der Waals surface area contributed by atoms with E-state index in [2.05, 4.69) is 35.9 Å². The Kier molecular flexibility index (Phi) is 5.14. The second-order valence-corrected chi connectivity index (χ2v) is 4.38. The van der Waals surface area contributed by atoms with E-state index in [1.54, 1.807) is 0 Å². The van der Waals surface area contributed by atoms with Crippen LogP contribution in [0.3, 0.4) is 0 Å². The molecule has 0 radical (unpaired) electrons. The van der Waals surface area contributed by atoms with Crippen LogP contribution < -0.4 is 0 Å². The van der Waals surface area contributed by atoms with Crippen LogP contribution in [-0.4, -0.2) is 41.4 Å². The second-order valence-electron chi connectivity index (χ2n) is 3.81. The normalized spacial score (nSPS) is 21.2. The van der Waals surface area contributed by atoms with Crippen LogP contribution in [0.15, 0.2) is 0 Å². The molecule has 0 aromatic carbocycles. The van der Waals surface area contributed by atoms with Crippen LogP contribution in [0.5, 0.6) is 0 Å². The third kappa shape index (κ3) is 3.49. The van der Waals surface area contributed by atoms with Gasteiger partial charge in [-0.05, 0) is 32.4 Å². The first-order valence-corrected chi connectivity index (χ1v) is 5.85. The molecule has 1 heterocycles. The van der Waals surface area contributed by atoms with E-state index >= 15 is 0 Å². The van der Waals surface area contributed by atoms with Crippen molar-refractivity contribution in [2.75, 3.05) is 26.2 Å². The fraction of sp³-hybridized carbons (Fsp3) is 1.00. The van der Waals surface area contributed by atoms with Crippen LogP contribution >= 0.6 is 12.8 Å². The van der Waals surface area contributed by atoms with Crippen LogP contribution in [0.1, 0.15) is 33.1 Å². The topological polar surface area (TPSA) is 6.48 Å². The summed E-state index contributed by atoms with van der Waals surface area (Å²) in [5, 5.41) is 0. The summed E-state index contributed by atoms with van der Waals surface area (Å²) in [6.07, 6.45) is 3.85. The second kappa shape index (κ2) is 5.89. The van der Waals surface area contributed by atoms with Gasteiger partial charge in [-0.2, -0.15) is 0 Å². The van der Waals surface area contributed by atoms with Crippen molar-refractivity contribution in [1.82, 2.24) is 9.21 Å². The quantitative estimate of drug-likeness (QED) is 0.697. The molecule has 2 nitrogen and oxygen atoms in total. The highest BCUT2D eigenvalue weighted by Crippen LogP contribution is 2.17. The molecule has 0 aromatic heterocycles. The van der Waals surface area contributed by atoms with Crippen LogP contribution in [0.4, 0.5) is 0 Å². The molecular weight excluding hydrogens is 180 g/mol. The van der Waals surface area contributed by atoms with E-state index in [4.69, 9.17) is 0 Å². The minimum atomic E-state index is 0.813. The SMILES string of the molecule is CCCN(CC)C1CCN(S)CC1. The van der Waals surface area contributed by atoms with Crippen molar-refractivity contribution >= 4 is 12.8 Å². The van der Waals surface area contributed by atoms with E-state index in [0.717, 1.165) is 19.1 Å². The van der Waals surface area contributed by atoms with E-state index < -0.39 is 0 Å². The number of thiol groups is 1. The predicted molar refractivity (Wildman–Crippen MR) is 61.1 cm³/mol. The van der Waals surface area contributed by atoms with Gasteiger partial charge in [0.15, 0.2) is 0 Å². The smallest absolute Gasteiger partial charge is 0.0120 e. The molecule has 0 atom stereocenters. The van der Waals surface area contributed by atoms with E-state index in [0.29, 0.717) is 0 Å². The largest absolute Gasteiger partial charge is 0.301 e. The Morgan fingerprint density at radius 2 is 1.92 bits per heavy atom. The maximum atomic E-state index is 4.37. The molecule has 1 fully saturated rings. The van der Waals surface area contributed by atoms with Crippen LogP contribution in [0, 0.1) is 0 Å². The van der Waals surface area contributed by atoms with Gasteiger partial charge in [-0.25, -0.2) is 0 Å². The highest BCUT2D eigenvalue weighted by molar-refractivity contribution is 7.77. The summed E-state index contributed by atoms with van der Waals surface area (Å²) < 4.78 is 2.14. The standard InChI is InChI=1S/C10H22N2S/c1-3-7-11(4-2)10-5-8-12(13)9-6-10/h10,13H,3-9H2,1-2H3. The lowest BCUT2D eigenvalue weighted by molar-refractivity contribution is 0.150. The number of hydrogen-bond acceptors (Lipinski definition) is 3. The highest BCUT2D eigenvalue weighted by atomic mass is 32.1. The molecular formula is C10H22N2S. The average Bonchev–Trinajstić information content (AvgIpc) is 2.16. The number of rotatable bonds is 4. The lowest BCUT2D eigenvalue weighted by Crippen LogP contribution is -2.42. The van der Waals surface area contributed by atoms with Gasteiger partial charge in [0.1, 0.15) is 0 Å². The Morgan fingerprint density at radius 1 is 1.31 bits per heavy atom. The molecule has 0 saturated carbocycles. The van der Waals surface area contributed by atoms with Crippen LogP contribution in [0.2, 0.25) is 0 Å². The van der Waals surface area contributed by atoms with E-state index in [-0.39, 0.29) is 0 Å². The lowest BCUT2D eigenvalue weighted by Gasteiger charge is -2.36. The van der Waals surface area contributed by atoms with E-state index in [9.17, 15) is 0 Å². The Hall–Kier alpha value is 0.270. The summed E-state index contributed by atoms with van der Waals surface area (Å²) in [4.78, 5) is 2.61. The summed E-state index contributed by atoms with van der Waals surface area (Å²) in [6.45, 7) is 9.28. The number of hydrogen-bond donors (Lipinski definition) is 1. The van der Waals surface area contributed by atoms with Crippen molar-refractivity contribution in [1.29, 1.82) is 0 Å². The zero-order valence-electron chi connectivity index (χ0n) is 8.87. The molecule has 0 amide bonds. The van der Waals surface area contributed by atoms with Gasteiger partial charge >= 0.3 is 0 Å². The summed E-state index contributed by atoms with van der Waals surface area (Å²) in [7, 11) is 0. The molecule has 0 aromatic rings. The maximum Gasteiger partial charge on any atom is 0.0120 e.